The summed E-state index contributed by atoms with van der Waals surface area (Å²) in [6.07, 6.45) is 1.46. The molecule has 1 aromatic carbocycles. The molecule has 22 heavy (non-hydrogen) atoms. The van der Waals surface area contributed by atoms with Crippen molar-refractivity contribution >= 4 is 29.2 Å². The van der Waals surface area contributed by atoms with Gasteiger partial charge in [0.15, 0.2) is 0 Å². The SMILES string of the molecule is COC(=O)C1CCN(CC(=O)Nc2cccc(Cl)c2C)CC1. The van der Waals surface area contributed by atoms with Gasteiger partial charge in [0.2, 0.25) is 5.91 Å². The highest BCUT2D eigenvalue weighted by atomic mass is 35.5. The van der Waals surface area contributed by atoms with Crippen LogP contribution in [-0.2, 0) is 14.3 Å². The second-order valence-electron chi connectivity index (χ2n) is 5.53. The number of amides is 1. The lowest BCUT2D eigenvalue weighted by molar-refractivity contribution is -0.147. The molecule has 5 nitrogen and oxygen atoms in total. The number of piperidine rings is 1. The Morgan fingerprint density at radius 1 is 1.36 bits per heavy atom. The Morgan fingerprint density at radius 2 is 2.05 bits per heavy atom. The van der Waals surface area contributed by atoms with E-state index in [1.165, 1.54) is 7.11 Å². The van der Waals surface area contributed by atoms with E-state index in [4.69, 9.17) is 16.3 Å². The largest absolute Gasteiger partial charge is 0.469 e. The van der Waals surface area contributed by atoms with Crippen molar-refractivity contribution in [3.63, 3.8) is 0 Å². The standard InChI is InChI=1S/C16H21ClN2O3/c1-11-13(17)4-3-5-14(11)18-15(20)10-19-8-6-12(7-9-19)16(21)22-2/h3-5,12H,6-10H2,1-2H3,(H,18,20). The second kappa shape index (κ2) is 7.61. The zero-order valence-electron chi connectivity index (χ0n) is 12.9. The maximum atomic E-state index is 12.1. The molecule has 0 aromatic heterocycles. The van der Waals surface area contributed by atoms with Gasteiger partial charge in [-0.2, -0.15) is 0 Å². The lowest BCUT2D eigenvalue weighted by Gasteiger charge is -2.30. The van der Waals surface area contributed by atoms with Crippen LogP contribution in [0.1, 0.15) is 18.4 Å². The third-order valence-electron chi connectivity index (χ3n) is 4.03. The van der Waals surface area contributed by atoms with Gasteiger partial charge in [-0.15, -0.1) is 0 Å². The van der Waals surface area contributed by atoms with Crippen LogP contribution >= 0.6 is 11.6 Å². The van der Waals surface area contributed by atoms with Crippen molar-refractivity contribution in [3.05, 3.63) is 28.8 Å². The maximum absolute atomic E-state index is 12.1. The van der Waals surface area contributed by atoms with Gasteiger partial charge in [0.05, 0.1) is 19.6 Å². The van der Waals surface area contributed by atoms with Crippen LogP contribution in [0.3, 0.4) is 0 Å². The van der Waals surface area contributed by atoms with E-state index in [0.717, 1.165) is 37.2 Å². The van der Waals surface area contributed by atoms with Gasteiger partial charge in [0.25, 0.3) is 0 Å². The van der Waals surface area contributed by atoms with Crippen LogP contribution in [0.15, 0.2) is 18.2 Å². The number of nitrogens with one attached hydrogen (secondary N) is 1. The Morgan fingerprint density at radius 3 is 2.68 bits per heavy atom. The summed E-state index contributed by atoms with van der Waals surface area (Å²) in [4.78, 5) is 25.7. The molecular weight excluding hydrogens is 304 g/mol. The number of halogens is 1. The highest BCUT2D eigenvalue weighted by Gasteiger charge is 2.26. The van der Waals surface area contributed by atoms with E-state index in [0.29, 0.717) is 11.6 Å². The third kappa shape index (κ3) is 4.21. The zero-order chi connectivity index (χ0) is 16.1. The predicted molar refractivity (Wildman–Crippen MR) is 86.0 cm³/mol. The smallest absolute Gasteiger partial charge is 0.308 e. The van der Waals surface area contributed by atoms with Gasteiger partial charge in [-0.05, 0) is 50.6 Å². The molecule has 1 N–H and O–H groups in total. The normalized spacial score (nSPS) is 16.3. The number of likely N-dealkylation sites (tertiary alicyclic amines) is 1. The molecule has 0 aliphatic carbocycles. The average Bonchev–Trinajstić information content (AvgIpc) is 2.52. The first-order chi connectivity index (χ1) is 10.5. The van der Waals surface area contributed by atoms with Crippen LogP contribution < -0.4 is 5.32 Å². The molecule has 2 rings (SSSR count). The monoisotopic (exact) mass is 324 g/mol. The molecule has 1 saturated heterocycles. The predicted octanol–water partition coefficient (Wildman–Crippen LogP) is 2.47. The summed E-state index contributed by atoms with van der Waals surface area (Å²) < 4.78 is 4.76. The Balaban J connectivity index is 1.83. The molecule has 1 aliphatic heterocycles. The van der Waals surface area contributed by atoms with Crippen LogP contribution in [0.25, 0.3) is 0 Å². The molecule has 0 atom stereocenters. The number of carbonyl (C=O) groups is 2. The first-order valence-electron chi connectivity index (χ1n) is 7.36. The van der Waals surface area contributed by atoms with Crippen molar-refractivity contribution in [2.24, 2.45) is 5.92 Å². The molecule has 1 aliphatic rings. The molecule has 0 unspecified atom stereocenters. The van der Waals surface area contributed by atoms with Gasteiger partial charge in [0, 0.05) is 10.7 Å². The van der Waals surface area contributed by atoms with Crippen molar-refractivity contribution in [2.75, 3.05) is 32.1 Å². The fraction of sp³-hybridized carbons (Fsp3) is 0.500. The summed E-state index contributed by atoms with van der Waals surface area (Å²) >= 11 is 6.04. The van der Waals surface area contributed by atoms with Gasteiger partial charge >= 0.3 is 5.97 Å². The number of ether oxygens (including phenoxy) is 1. The molecule has 1 aromatic rings. The average molecular weight is 325 g/mol. The first kappa shape index (κ1) is 16.8. The minimum absolute atomic E-state index is 0.0421. The molecule has 1 heterocycles. The van der Waals surface area contributed by atoms with Crippen LogP contribution in [-0.4, -0.2) is 43.5 Å². The van der Waals surface area contributed by atoms with E-state index in [2.05, 4.69) is 10.2 Å². The summed E-state index contributed by atoms with van der Waals surface area (Å²) in [6.45, 7) is 3.64. The lowest BCUT2D eigenvalue weighted by Crippen LogP contribution is -2.41. The topological polar surface area (TPSA) is 58.6 Å². The molecule has 6 heteroatoms. The fourth-order valence-electron chi connectivity index (χ4n) is 2.63. The quantitative estimate of drug-likeness (QED) is 0.864. The van der Waals surface area contributed by atoms with E-state index >= 15 is 0 Å². The van der Waals surface area contributed by atoms with E-state index in [-0.39, 0.29) is 17.8 Å². The van der Waals surface area contributed by atoms with Crippen molar-refractivity contribution in [3.8, 4) is 0 Å². The van der Waals surface area contributed by atoms with Crippen LogP contribution in [0.4, 0.5) is 5.69 Å². The lowest BCUT2D eigenvalue weighted by atomic mass is 9.97. The first-order valence-corrected chi connectivity index (χ1v) is 7.74. The summed E-state index contributed by atoms with van der Waals surface area (Å²) in [7, 11) is 1.41. The zero-order valence-corrected chi connectivity index (χ0v) is 13.7. The van der Waals surface area contributed by atoms with E-state index in [1.807, 2.05) is 19.1 Å². The molecule has 0 bridgehead atoms. The molecule has 1 amide bonds. The summed E-state index contributed by atoms with van der Waals surface area (Å²) in [5.41, 5.74) is 1.60. The van der Waals surface area contributed by atoms with E-state index < -0.39 is 0 Å². The van der Waals surface area contributed by atoms with Crippen LogP contribution in [0.2, 0.25) is 5.02 Å². The van der Waals surface area contributed by atoms with Gasteiger partial charge < -0.3 is 10.1 Å². The molecule has 0 spiro atoms. The van der Waals surface area contributed by atoms with Crippen molar-refractivity contribution in [1.29, 1.82) is 0 Å². The number of esters is 1. The fourth-order valence-corrected chi connectivity index (χ4v) is 2.80. The second-order valence-corrected chi connectivity index (χ2v) is 5.94. The number of anilines is 1. The summed E-state index contributed by atoms with van der Waals surface area (Å²) in [6, 6.07) is 5.44. The van der Waals surface area contributed by atoms with Gasteiger partial charge in [-0.1, -0.05) is 17.7 Å². The number of rotatable bonds is 4. The third-order valence-corrected chi connectivity index (χ3v) is 4.44. The number of carbonyl (C=O) groups excluding carboxylic acids is 2. The molecule has 0 radical (unpaired) electrons. The Labute approximate surface area is 135 Å². The van der Waals surface area contributed by atoms with Crippen molar-refractivity contribution in [2.45, 2.75) is 19.8 Å². The number of nitrogens with zero attached hydrogens (tertiary/aromatic N) is 1. The summed E-state index contributed by atoms with van der Waals surface area (Å²) in [5.74, 6) is -0.264. The minimum atomic E-state index is -0.154. The van der Waals surface area contributed by atoms with Crippen LogP contribution in [0, 0.1) is 12.8 Å². The number of benzene rings is 1. The van der Waals surface area contributed by atoms with Gasteiger partial charge in [-0.25, -0.2) is 0 Å². The van der Waals surface area contributed by atoms with E-state index in [1.54, 1.807) is 6.07 Å². The van der Waals surface area contributed by atoms with Gasteiger partial charge in [-0.3, -0.25) is 14.5 Å². The molecule has 0 saturated carbocycles. The Kier molecular flexibility index (Phi) is 5.80. The van der Waals surface area contributed by atoms with Gasteiger partial charge in [0.1, 0.15) is 0 Å². The van der Waals surface area contributed by atoms with E-state index in [9.17, 15) is 9.59 Å². The Hall–Kier alpha value is -1.59. The Bertz CT molecular complexity index is 554. The molecule has 120 valence electrons. The molecular formula is C16H21ClN2O3. The van der Waals surface area contributed by atoms with Crippen LogP contribution in [0.5, 0.6) is 0 Å². The van der Waals surface area contributed by atoms with Crippen molar-refractivity contribution in [1.82, 2.24) is 4.90 Å². The number of hydrogen-bond acceptors (Lipinski definition) is 4. The van der Waals surface area contributed by atoms with Crippen molar-refractivity contribution < 1.29 is 14.3 Å². The highest BCUT2D eigenvalue weighted by Crippen LogP contribution is 2.23. The maximum Gasteiger partial charge on any atom is 0.308 e. The highest BCUT2D eigenvalue weighted by molar-refractivity contribution is 6.31. The number of methoxy groups -OCH3 is 1. The molecule has 1 fully saturated rings. The minimum Gasteiger partial charge on any atom is -0.469 e. The summed E-state index contributed by atoms with van der Waals surface area (Å²) in [5, 5.41) is 3.52. The number of hydrogen-bond donors (Lipinski definition) is 1.